The number of hydrogen-bond donors (Lipinski definition) is 0. The van der Waals surface area contributed by atoms with Gasteiger partial charge in [-0.25, -0.2) is 0 Å². The number of fused-ring (bicyclic) bond motifs is 5. The van der Waals surface area contributed by atoms with Crippen LogP contribution in [0.25, 0.3) is 0 Å². The molecule has 4 aliphatic carbocycles. The molecule has 0 heterocycles. The largest absolute Gasteiger partial charge is 0.415 e. The minimum Gasteiger partial charge on any atom is -0.415 e. The second kappa shape index (κ2) is 13.4. The van der Waals surface area contributed by atoms with E-state index in [2.05, 4.69) is 113 Å². The van der Waals surface area contributed by atoms with Crippen LogP contribution in [0.5, 0.6) is 0 Å². The predicted molar refractivity (Wildman–Crippen MR) is 208 cm³/mol. The smallest absolute Gasteiger partial charge is 0.184 e. The van der Waals surface area contributed by atoms with Crippen LogP contribution in [0.1, 0.15) is 92.4 Å². The summed E-state index contributed by atoms with van der Waals surface area (Å²) in [6.45, 7) is 41.1. The fourth-order valence-corrected chi connectivity index (χ4v) is 16.9. The summed E-state index contributed by atoms with van der Waals surface area (Å²) in [5, 5.41) is 0. The normalized spacial score (nSPS) is 38.9. The average molecular weight is 711 g/mol. The van der Waals surface area contributed by atoms with E-state index in [0.717, 1.165) is 30.1 Å². The molecule has 7 unspecified atom stereocenters. The van der Waals surface area contributed by atoms with Crippen molar-refractivity contribution >= 4 is 33.3 Å². The summed E-state index contributed by atoms with van der Waals surface area (Å²) in [5.74, 6) is 4.37. The topological polar surface area (TPSA) is 36.9 Å². The maximum Gasteiger partial charge on any atom is 0.184 e. The highest BCUT2D eigenvalue weighted by Gasteiger charge is 2.64. The van der Waals surface area contributed by atoms with Gasteiger partial charge in [-0.2, -0.15) is 0 Å². The Labute approximate surface area is 291 Å². The summed E-state index contributed by atoms with van der Waals surface area (Å²) >= 11 is 0. The van der Waals surface area contributed by atoms with E-state index in [4.69, 9.17) is 17.7 Å². The first kappa shape index (κ1) is 39.5. The Balaban J connectivity index is 1.60. The third-order valence-electron chi connectivity index (χ3n) is 12.8. The SMILES string of the molecule is CC(C[C@@H](O[Si](C)(C)C)C(C)(C)O[Si](C)(C)C)C1CCC2C3C(CCC12C)C1(C)CC[C@@H](O[Si](C)(C)C)C[C@H]1C[C@H]3O[Si](C)(C)C. The van der Waals surface area contributed by atoms with E-state index < -0.39 is 33.3 Å². The standard InChI is InChI=1S/C38H78O4Si4/c1-27(24-34(41-45(12,13)14)36(2,3)42-46(15,16)17)30-18-19-31-35-32(21-23-38(30,31)5)37(4)22-20-29(39-43(6,7)8)25-28(37)26-33(35)40-44(9,10)11/h27-35H,18-26H2,1-17H3/t27?,28-,29+,30?,31?,32?,33+,34+,35?,37?,38?/m0/s1. The molecule has 0 bridgehead atoms. The van der Waals surface area contributed by atoms with Gasteiger partial charge in [-0.1, -0.05) is 20.8 Å². The van der Waals surface area contributed by atoms with Gasteiger partial charge in [0.1, 0.15) is 0 Å². The van der Waals surface area contributed by atoms with Crippen LogP contribution in [0.15, 0.2) is 0 Å². The van der Waals surface area contributed by atoms with E-state index >= 15 is 0 Å². The Hall–Kier alpha value is 0.708. The third kappa shape index (κ3) is 9.13. The molecule has 0 aromatic heterocycles. The van der Waals surface area contributed by atoms with Crippen LogP contribution in [0.3, 0.4) is 0 Å². The average Bonchev–Trinajstić information content (AvgIpc) is 3.17. The Kier molecular flexibility index (Phi) is 11.5. The summed E-state index contributed by atoms with van der Waals surface area (Å²) < 4.78 is 28.0. The van der Waals surface area contributed by atoms with E-state index in [-0.39, 0.29) is 11.7 Å². The molecule has 11 atom stereocenters. The van der Waals surface area contributed by atoms with Gasteiger partial charge in [0.2, 0.25) is 0 Å². The van der Waals surface area contributed by atoms with E-state index in [1.165, 1.54) is 51.4 Å². The minimum absolute atomic E-state index is 0.144. The van der Waals surface area contributed by atoms with Gasteiger partial charge in [-0.3, -0.25) is 0 Å². The van der Waals surface area contributed by atoms with E-state index in [1.54, 1.807) is 0 Å². The van der Waals surface area contributed by atoms with Crippen LogP contribution >= 0.6 is 0 Å². The van der Waals surface area contributed by atoms with Gasteiger partial charge < -0.3 is 17.7 Å². The Morgan fingerprint density at radius 1 is 0.674 bits per heavy atom. The molecule has 270 valence electrons. The molecule has 4 aliphatic rings. The second-order valence-corrected chi connectivity index (χ2v) is 39.4. The van der Waals surface area contributed by atoms with Crippen LogP contribution < -0.4 is 0 Å². The summed E-state index contributed by atoms with van der Waals surface area (Å²) in [7, 11) is -6.72. The van der Waals surface area contributed by atoms with Crippen molar-refractivity contribution in [2.24, 2.45) is 46.3 Å². The van der Waals surface area contributed by atoms with E-state index in [0.29, 0.717) is 34.9 Å². The quantitative estimate of drug-likeness (QED) is 0.189. The van der Waals surface area contributed by atoms with Gasteiger partial charge in [0.15, 0.2) is 33.3 Å². The summed E-state index contributed by atoms with van der Waals surface area (Å²) in [6.07, 6.45) is 12.8. The molecule has 0 radical (unpaired) electrons. The van der Waals surface area contributed by atoms with Crippen LogP contribution in [0.2, 0.25) is 78.6 Å². The molecule has 0 N–H and O–H groups in total. The highest BCUT2D eigenvalue weighted by atomic mass is 28.4. The highest BCUT2D eigenvalue weighted by molar-refractivity contribution is 6.71. The molecule has 46 heavy (non-hydrogen) atoms. The maximum absolute atomic E-state index is 7.32. The number of hydrogen-bond acceptors (Lipinski definition) is 4. The van der Waals surface area contributed by atoms with Crippen molar-refractivity contribution < 1.29 is 17.7 Å². The fraction of sp³-hybridized carbons (Fsp3) is 1.00. The molecule has 0 aromatic carbocycles. The fourth-order valence-electron chi connectivity index (χ4n) is 11.6. The second-order valence-electron chi connectivity index (χ2n) is 21.6. The number of rotatable bonds is 12. The van der Waals surface area contributed by atoms with Gasteiger partial charge in [-0.05, 0) is 197 Å². The lowest BCUT2D eigenvalue weighted by Gasteiger charge is -2.64. The van der Waals surface area contributed by atoms with Crippen LogP contribution in [-0.4, -0.2) is 57.2 Å². The van der Waals surface area contributed by atoms with Crippen molar-refractivity contribution in [2.45, 2.75) is 195 Å². The zero-order valence-electron chi connectivity index (χ0n) is 33.7. The monoisotopic (exact) mass is 710 g/mol. The zero-order valence-corrected chi connectivity index (χ0v) is 37.7. The van der Waals surface area contributed by atoms with E-state index in [1.807, 2.05) is 0 Å². The first-order valence-electron chi connectivity index (χ1n) is 19.4. The summed E-state index contributed by atoms with van der Waals surface area (Å²) in [4.78, 5) is 0. The van der Waals surface area contributed by atoms with Gasteiger partial charge in [0.25, 0.3) is 0 Å². The van der Waals surface area contributed by atoms with Gasteiger partial charge in [0.05, 0.1) is 11.7 Å². The first-order chi connectivity index (χ1) is 20.6. The Morgan fingerprint density at radius 2 is 1.24 bits per heavy atom. The molecular formula is C38H78O4Si4. The van der Waals surface area contributed by atoms with Crippen molar-refractivity contribution in [2.75, 3.05) is 0 Å². The van der Waals surface area contributed by atoms with Crippen molar-refractivity contribution in [3.8, 4) is 0 Å². The molecule has 4 nitrogen and oxygen atoms in total. The van der Waals surface area contributed by atoms with E-state index in [9.17, 15) is 0 Å². The molecule has 0 aromatic rings. The van der Waals surface area contributed by atoms with Gasteiger partial charge in [-0.15, -0.1) is 0 Å². The van der Waals surface area contributed by atoms with Crippen molar-refractivity contribution in [3.63, 3.8) is 0 Å². The summed E-state index contributed by atoms with van der Waals surface area (Å²) in [5.41, 5.74) is 0.552. The lowest BCUT2D eigenvalue weighted by Crippen LogP contribution is -2.60. The Bertz CT molecular complexity index is 1040. The predicted octanol–water partition coefficient (Wildman–Crippen LogP) is 11.6. The Morgan fingerprint density at radius 3 is 1.78 bits per heavy atom. The van der Waals surface area contributed by atoms with Gasteiger partial charge >= 0.3 is 0 Å². The van der Waals surface area contributed by atoms with Crippen LogP contribution in [0.4, 0.5) is 0 Å². The molecule has 0 aliphatic heterocycles. The first-order valence-corrected chi connectivity index (χ1v) is 33.0. The molecular weight excluding hydrogens is 633 g/mol. The van der Waals surface area contributed by atoms with Crippen molar-refractivity contribution in [1.29, 1.82) is 0 Å². The molecule has 4 rings (SSSR count). The molecule has 0 amide bonds. The third-order valence-corrected chi connectivity index (χ3v) is 17.0. The minimum atomic E-state index is -1.75. The molecule has 8 heteroatoms. The highest BCUT2D eigenvalue weighted by Crippen LogP contribution is 2.69. The molecule has 0 spiro atoms. The molecule has 4 fully saturated rings. The zero-order chi connectivity index (χ0) is 34.9. The summed E-state index contributed by atoms with van der Waals surface area (Å²) in [6, 6.07) is 0. The maximum atomic E-state index is 7.32. The van der Waals surface area contributed by atoms with Gasteiger partial charge in [0, 0.05) is 12.2 Å². The van der Waals surface area contributed by atoms with Crippen LogP contribution in [0, 0.1) is 46.3 Å². The van der Waals surface area contributed by atoms with Crippen LogP contribution in [-0.2, 0) is 17.7 Å². The van der Waals surface area contributed by atoms with Crippen molar-refractivity contribution in [3.05, 3.63) is 0 Å². The molecule has 0 saturated heterocycles. The molecule has 4 saturated carbocycles. The lowest BCUT2D eigenvalue weighted by molar-refractivity contribution is -0.169. The van der Waals surface area contributed by atoms with Crippen molar-refractivity contribution in [1.82, 2.24) is 0 Å². The lowest BCUT2D eigenvalue weighted by atomic mass is 9.43.